The topological polar surface area (TPSA) is 58.6 Å². The molecule has 3 rings (SSSR count). The van der Waals surface area contributed by atoms with E-state index in [4.69, 9.17) is 16.3 Å². The van der Waals surface area contributed by atoms with Crippen LogP contribution in [0.1, 0.15) is 21.5 Å². The number of anilines is 1. The van der Waals surface area contributed by atoms with Gasteiger partial charge in [0, 0.05) is 23.2 Å². The number of carbonyl (C=O) groups is 1. The second-order valence-electron chi connectivity index (χ2n) is 6.18. The van der Waals surface area contributed by atoms with E-state index in [0.717, 1.165) is 12.0 Å². The second kappa shape index (κ2) is 8.60. The lowest BCUT2D eigenvalue weighted by molar-refractivity contribution is 0.102. The van der Waals surface area contributed by atoms with Gasteiger partial charge in [0.15, 0.2) is 0 Å². The van der Waals surface area contributed by atoms with Crippen LogP contribution < -0.4 is 10.1 Å². The molecular formula is C22H20ClNO3. The van der Waals surface area contributed by atoms with Gasteiger partial charge in [-0.2, -0.15) is 0 Å². The molecule has 0 atom stereocenters. The minimum Gasteiger partial charge on any atom is -0.507 e. The number of ether oxygens (including phenoxy) is 1. The van der Waals surface area contributed by atoms with Crippen molar-refractivity contribution in [1.29, 1.82) is 0 Å². The standard InChI is InChI=1S/C22H20ClNO3/c1-15-7-9-18(24-22(26)19-13-17(23)8-10-20(19)25)14-21(15)27-12-11-16-5-3-2-4-6-16/h2-10,13-14,25H,11-12H2,1H3,(H,24,26). The van der Waals surface area contributed by atoms with Crippen LogP contribution in [-0.2, 0) is 6.42 Å². The van der Waals surface area contributed by atoms with Crippen molar-refractivity contribution in [3.05, 3.63) is 88.4 Å². The van der Waals surface area contributed by atoms with E-state index in [-0.39, 0.29) is 11.3 Å². The largest absolute Gasteiger partial charge is 0.507 e. The summed E-state index contributed by atoms with van der Waals surface area (Å²) in [6.45, 7) is 2.49. The molecule has 0 fully saturated rings. The predicted octanol–water partition coefficient (Wildman–Crippen LogP) is 5.23. The molecule has 1 amide bonds. The van der Waals surface area contributed by atoms with E-state index in [2.05, 4.69) is 17.4 Å². The van der Waals surface area contributed by atoms with E-state index in [0.29, 0.717) is 23.1 Å². The molecule has 0 aliphatic heterocycles. The van der Waals surface area contributed by atoms with Crippen molar-refractivity contribution in [2.45, 2.75) is 13.3 Å². The molecule has 0 aliphatic rings. The smallest absolute Gasteiger partial charge is 0.259 e. The number of halogens is 1. The van der Waals surface area contributed by atoms with E-state index >= 15 is 0 Å². The summed E-state index contributed by atoms with van der Waals surface area (Å²) < 4.78 is 5.89. The summed E-state index contributed by atoms with van der Waals surface area (Å²) in [6.07, 6.45) is 0.799. The molecule has 27 heavy (non-hydrogen) atoms. The Morgan fingerprint density at radius 2 is 1.85 bits per heavy atom. The number of rotatable bonds is 6. The van der Waals surface area contributed by atoms with Gasteiger partial charge >= 0.3 is 0 Å². The molecule has 0 bridgehead atoms. The quantitative estimate of drug-likeness (QED) is 0.614. The Labute approximate surface area is 163 Å². The van der Waals surface area contributed by atoms with Gasteiger partial charge in [0.2, 0.25) is 0 Å². The molecule has 0 radical (unpaired) electrons. The Morgan fingerprint density at radius 3 is 2.63 bits per heavy atom. The Kier molecular flexibility index (Phi) is 5.99. The van der Waals surface area contributed by atoms with Crippen molar-refractivity contribution >= 4 is 23.2 Å². The van der Waals surface area contributed by atoms with Gasteiger partial charge in [-0.25, -0.2) is 0 Å². The highest BCUT2D eigenvalue weighted by molar-refractivity contribution is 6.31. The minimum absolute atomic E-state index is 0.120. The van der Waals surface area contributed by atoms with Gasteiger partial charge < -0.3 is 15.2 Å². The summed E-state index contributed by atoms with van der Waals surface area (Å²) in [6, 6.07) is 19.9. The third kappa shape index (κ3) is 5.02. The van der Waals surface area contributed by atoms with Crippen LogP contribution in [0.3, 0.4) is 0 Å². The van der Waals surface area contributed by atoms with Crippen LogP contribution in [-0.4, -0.2) is 17.6 Å². The van der Waals surface area contributed by atoms with E-state index in [9.17, 15) is 9.90 Å². The van der Waals surface area contributed by atoms with E-state index < -0.39 is 5.91 Å². The van der Waals surface area contributed by atoms with Crippen LogP contribution in [0.4, 0.5) is 5.69 Å². The minimum atomic E-state index is -0.436. The van der Waals surface area contributed by atoms with Crippen LogP contribution in [0.5, 0.6) is 11.5 Å². The SMILES string of the molecule is Cc1ccc(NC(=O)c2cc(Cl)ccc2O)cc1OCCc1ccccc1. The summed E-state index contributed by atoms with van der Waals surface area (Å²) in [5.74, 6) is 0.150. The third-order valence-corrected chi connectivity index (χ3v) is 4.38. The number of aryl methyl sites for hydroxylation is 1. The fourth-order valence-corrected chi connectivity index (χ4v) is 2.82. The first-order chi connectivity index (χ1) is 13.0. The molecule has 0 unspecified atom stereocenters. The zero-order valence-corrected chi connectivity index (χ0v) is 15.7. The molecule has 0 spiro atoms. The number of hydrogen-bond donors (Lipinski definition) is 2. The highest BCUT2D eigenvalue weighted by atomic mass is 35.5. The first-order valence-electron chi connectivity index (χ1n) is 8.60. The van der Waals surface area contributed by atoms with Gasteiger partial charge in [-0.15, -0.1) is 0 Å². The van der Waals surface area contributed by atoms with Crippen molar-refractivity contribution < 1.29 is 14.6 Å². The molecule has 2 N–H and O–H groups in total. The number of phenols is 1. The van der Waals surface area contributed by atoms with Gasteiger partial charge in [0.05, 0.1) is 12.2 Å². The monoisotopic (exact) mass is 381 g/mol. The fraction of sp³-hybridized carbons (Fsp3) is 0.136. The second-order valence-corrected chi connectivity index (χ2v) is 6.62. The molecule has 3 aromatic rings. The number of aromatic hydroxyl groups is 1. The molecule has 0 heterocycles. The van der Waals surface area contributed by atoms with Crippen molar-refractivity contribution in [3.63, 3.8) is 0 Å². The predicted molar refractivity (Wildman–Crippen MR) is 108 cm³/mol. The van der Waals surface area contributed by atoms with Gasteiger partial charge in [-0.1, -0.05) is 48.0 Å². The van der Waals surface area contributed by atoms with Gasteiger partial charge in [0.1, 0.15) is 11.5 Å². The van der Waals surface area contributed by atoms with Crippen LogP contribution in [0.25, 0.3) is 0 Å². The van der Waals surface area contributed by atoms with Crippen LogP contribution in [0.15, 0.2) is 66.7 Å². The third-order valence-electron chi connectivity index (χ3n) is 4.14. The average molecular weight is 382 g/mol. The molecule has 5 heteroatoms. The van der Waals surface area contributed by atoms with Crippen molar-refractivity contribution in [2.24, 2.45) is 0 Å². The van der Waals surface area contributed by atoms with Crippen molar-refractivity contribution in [3.8, 4) is 11.5 Å². The van der Waals surface area contributed by atoms with E-state index in [1.807, 2.05) is 31.2 Å². The summed E-state index contributed by atoms with van der Waals surface area (Å²) in [4.78, 5) is 12.4. The molecule has 0 saturated heterocycles. The van der Waals surface area contributed by atoms with E-state index in [1.54, 1.807) is 12.1 Å². The highest BCUT2D eigenvalue weighted by Crippen LogP contribution is 2.26. The van der Waals surface area contributed by atoms with Gasteiger partial charge in [0.25, 0.3) is 5.91 Å². The Bertz CT molecular complexity index is 942. The van der Waals surface area contributed by atoms with Crippen molar-refractivity contribution in [1.82, 2.24) is 0 Å². The first kappa shape index (κ1) is 18.8. The van der Waals surface area contributed by atoms with Crippen molar-refractivity contribution in [2.75, 3.05) is 11.9 Å². The van der Waals surface area contributed by atoms with Crippen LogP contribution >= 0.6 is 11.6 Å². The van der Waals surface area contributed by atoms with Gasteiger partial charge in [-0.05, 0) is 42.3 Å². The van der Waals surface area contributed by atoms with Crippen LogP contribution in [0.2, 0.25) is 5.02 Å². The van der Waals surface area contributed by atoms with Gasteiger partial charge in [-0.3, -0.25) is 4.79 Å². The molecule has 0 aliphatic carbocycles. The Hall–Kier alpha value is -2.98. The number of nitrogens with one attached hydrogen (secondary N) is 1. The number of benzene rings is 3. The highest BCUT2D eigenvalue weighted by Gasteiger charge is 2.13. The Balaban J connectivity index is 1.67. The molecule has 0 aromatic heterocycles. The number of hydrogen-bond acceptors (Lipinski definition) is 3. The number of amides is 1. The summed E-state index contributed by atoms with van der Waals surface area (Å²) in [5.41, 5.74) is 2.89. The maximum absolute atomic E-state index is 12.4. The van der Waals surface area contributed by atoms with Crippen LogP contribution in [0, 0.1) is 6.92 Å². The molecule has 0 saturated carbocycles. The lowest BCUT2D eigenvalue weighted by Gasteiger charge is -2.12. The molecule has 3 aromatic carbocycles. The number of carbonyl (C=O) groups excluding carboxylic acids is 1. The number of phenolic OH excluding ortho intramolecular Hbond substituents is 1. The average Bonchev–Trinajstić information content (AvgIpc) is 2.67. The maximum Gasteiger partial charge on any atom is 0.259 e. The summed E-state index contributed by atoms with van der Waals surface area (Å²) >= 11 is 5.91. The molecular weight excluding hydrogens is 362 g/mol. The normalized spacial score (nSPS) is 10.4. The molecule has 138 valence electrons. The lowest BCUT2D eigenvalue weighted by atomic mass is 10.1. The zero-order chi connectivity index (χ0) is 19.2. The molecule has 4 nitrogen and oxygen atoms in total. The lowest BCUT2D eigenvalue weighted by Crippen LogP contribution is -2.12. The zero-order valence-electron chi connectivity index (χ0n) is 14.9. The fourth-order valence-electron chi connectivity index (χ4n) is 2.65. The summed E-state index contributed by atoms with van der Waals surface area (Å²) in [5, 5.41) is 13.0. The first-order valence-corrected chi connectivity index (χ1v) is 8.98. The summed E-state index contributed by atoms with van der Waals surface area (Å²) in [7, 11) is 0. The Morgan fingerprint density at radius 1 is 1.07 bits per heavy atom. The van der Waals surface area contributed by atoms with E-state index in [1.165, 1.54) is 23.8 Å². The maximum atomic E-state index is 12.4.